The van der Waals surface area contributed by atoms with Gasteiger partial charge < -0.3 is 0 Å². The second-order valence-corrected chi connectivity index (χ2v) is 5.03. The number of carbonyl (C=O) groups excluding carboxylic acids is 1. The molecule has 0 saturated heterocycles. The van der Waals surface area contributed by atoms with E-state index in [0.29, 0.717) is 0 Å². The number of hydrogen-bond donors (Lipinski definition) is 0. The van der Waals surface area contributed by atoms with E-state index in [1.165, 1.54) is 42.4 Å². The maximum Gasteiger partial charge on any atom is 0.132 e. The van der Waals surface area contributed by atoms with Crippen LogP contribution in [0.5, 0.6) is 0 Å². The third-order valence-corrected chi connectivity index (χ3v) is 3.65. The molecule has 0 saturated carbocycles. The molecular weight excluding hydrogens is 196 g/mol. The third-order valence-electron chi connectivity index (χ3n) is 3.65. The number of rotatable bonds is 3. The molecule has 16 heavy (non-hydrogen) atoms. The molecule has 1 aromatic carbocycles. The van der Waals surface area contributed by atoms with Crippen molar-refractivity contribution < 1.29 is 4.79 Å². The van der Waals surface area contributed by atoms with E-state index >= 15 is 0 Å². The normalized spacial score (nSPS) is 16.6. The Hall–Kier alpha value is -1.11. The van der Waals surface area contributed by atoms with Crippen molar-refractivity contribution in [3.8, 4) is 0 Å². The smallest absolute Gasteiger partial charge is 0.132 e. The molecule has 0 heterocycles. The van der Waals surface area contributed by atoms with Crippen molar-refractivity contribution >= 4 is 5.78 Å². The van der Waals surface area contributed by atoms with E-state index in [-0.39, 0.29) is 11.7 Å². The van der Waals surface area contributed by atoms with Crippen LogP contribution in [-0.4, -0.2) is 5.78 Å². The summed E-state index contributed by atoms with van der Waals surface area (Å²) in [6, 6.07) is 6.77. The summed E-state index contributed by atoms with van der Waals surface area (Å²) in [4.78, 5) is 11.2. The summed E-state index contributed by atoms with van der Waals surface area (Å²) in [7, 11) is 0. The van der Waals surface area contributed by atoms with Crippen molar-refractivity contribution in [2.75, 3.05) is 0 Å². The quantitative estimate of drug-likeness (QED) is 0.757. The highest BCUT2D eigenvalue weighted by atomic mass is 16.1. The predicted octanol–water partition coefficient (Wildman–Crippen LogP) is 3.33. The fraction of sp³-hybridized carbons (Fsp3) is 0.533. The highest BCUT2D eigenvalue weighted by Crippen LogP contribution is 2.23. The van der Waals surface area contributed by atoms with E-state index in [0.717, 1.165) is 6.42 Å². The zero-order chi connectivity index (χ0) is 11.5. The Morgan fingerprint density at radius 1 is 1.25 bits per heavy atom. The molecule has 0 radical (unpaired) electrons. The standard InChI is InChI=1S/C15H20O/c1-11(12(2)16)9-13-7-8-14-5-3-4-6-15(14)10-13/h7-8,10-11H,3-6,9H2,1-2H3/t11-/m1/s1. The molecule has 86 valence electrons. The van der Waals surface area contributed by atoms with Gasteiger partial charge in [0, 0.05) is 5.92 Å². The van der Waals surface area contributed by atoms with Gasteiger partial charge in [0.25, 0.3) is 0 Å². The van der Waals surface area contributed by atoms with Gasteiger partial charge in [0.2, 0.25) is 0 Å². The first-order valence-electron chi connectivity index (χ1n) is 6.28. The minimum Gasteiger partial charge on any atom is -0.300 e. The van der Waals surface area contributed by atoms with Crippen LogP contribution in [0.4, 0.5) is 0 Å². The van der Waals surface area contributed by atoms with E-state index < -0.39 is 0 Å². The van der Waals surface area contributed by atoms with Crippen molar-refractivity contribution in [2.24, 2.45) is 5.92 Å². The van der Waals surface area contributed by atoms with Gasteiger partial charge in [-0.05, 0) is 55.7 Å². The molecular formula is C15H20O. The van der Waals surface area contributed by atoms with E-state index in [1.54, 1.807) is 6.92 Å². The van der Waals surface area contributed by atoms with E-state index in [4.69, 9.17) is 0 Å². The molecule has 0 spiro atoms. The largest absolute Gasteiger partial charge is 0.300 e. The number of Topliss-reactive ketones (excluding diaryl/α,β-unsaturated/α-hetero) is 1. The molecule has 0 amide bonds. The van der Waals surface area contributed by atoms with Gasteiger partial charge in [0.15, 0.2) is 0 Å². The maximum absolute atomic E-state index is 11.2. The third kappa shape index (κ3) is 2.52. The van der Waals surface area contributed by atoms with Crippen molar-refractivity contribution in [1.82, 2.24) is 0 Å². The molecule has 0 aliphatic heterocycles. The lowest BCUT2D eigenvalue weighted by molar-refractivity contribution is -0.120. The first kappa shape index (κ1) is 11.4. The number of fused-ring (bicyclic) bond motifs is 1. The predicted molar refractivity (Wildman–Crippen MR) is 66.6 cm³/mol. The van der Waals surface area contributed by atoms with Gasteiger partial charge in [-0.15, -0.1) is 0 Å². The minimum absolute atomic E-state index is 0.154. The van der Waals surface area contributed by atoms with Gasteiger partial charge in [0.05, 0.1) is 0 Å². The molecule has 1 atom stereocenters. The van der Waals surface area contributed by atoms with Crippen molar-refractivity contribution in [1.29, 1.82) is 0 Å². The van der Waals surface area contributed by atoms with Gasteiger partial charge >= 0.3 is 0 Å². The topological polar surface area (TPSA) is 17.1 Å². The highest BCUT2D eigenvalue weighted by molar-refractivity contribution is 5.78. The van der Waals surface area contributed by atoms with Gasteiger partial charge in [0.1, 0.15) is 5.78 Å². The molecule has 1 nitrogen and oxygen atoms in total. The van der Waals surface area contributed by atoms with E-state index in [2.05, 4.69) is 18.2 Å². The summed E-state index contributed by atoms with van der Waals surface area (Å²) < 4.78 is 0. The summed E-state index contributed by atoms with van der Waals surface area (Å²) >= 11 is 0. The molecule has 1 aliphatic rings. The van der Waals surface area contributed by atoms with Crippen LogP contribution in [0.2, 0.25) is 0 Å². The number of carbonyl (C=O) groups is 1. The Balaban J connectivity index is 2.14. The van der Waals surface area contributed by atoms with Crippen molar-refractivity contribution in [3.05, 3.63) is 34.9 Å². The second kappa shape index (κ2) is 4.82. The maximum atomic E-state index is 11.2. The molecule has 0 unspecified atom stereocenters. The van der Waals surface area contributed by atoms with Gasteiger partial charge in [-0.3, -0.25) is 4.79 Å². The van der Waals surface area contributed by atoms with Crippen LogP contribution in [0.25, 0.3) is 0 Å². The van der Waals surface area contributed by atoms with E-state index in [1.807, 2.05) is 6.92 Å². The first-order valence-corrected chi connectivity index (χ1v) is 6.28. The lowest BCUT2D eigenvalue weighted by atomic mass is 9.88. The van der Waals surface area contributed by atoms with Gasteiger partial charge in [-0.1, -0.05) is 25.1 Å². The Morgan fingerprint density at radius 2 is 1.94 bits per heavy atom. The van der Waals surface area contributed by atoms with Crippen molar-refractivity contribution in [3.63, 3.8) is 0 Å². The van der Waals surface area contributed by atoms with Gasteiger partial charge in [-0.25, -0.2) is 0 Å². The Labute approximate surface area is 97.9 Å². The summed E-state index contributed by atoms with van der Waals surface area (Å²) in [5, 5.41) is 0. The number of hydrogen-bond acceptors (Lipinski definition) is 1. The molecule has 2 rings (SSSR count). The lowest BCUT2D eigenvalue weighted by Crippen LogP contribution is -2.10. The van der Waals surface area contributed by atoms with Crippen LogP contribution in [0.1, 0.15) is 43.4 Å². The lowest BCUT2D eigenvalue weighted by Gasteiger charge is -2.17. The van der Waals surface area contributed by atoms with Gasteiger partial charge in [-0.2, -0.15) is 0 Å². The monoisotopic (exact) mass is 216 g/mol. The zero-order valence-electron chi connectivity index (χ0n) is 10.3. The molecule has 1 aliphatic carbocycles. The zero-order valence-corrected chi connectivity index (χ0v) is 10.3. The molecule has 0 fully saturated rings. The average molecular weight is 216 g/mol. The molecule has 0 N–H and O–H groups in total. The molecule has 1 heteroatoms. The molecule has 0 aromatic heterocycles. The molecule has 0 bridgehead atoms. The fourth-order valence-electron chi connectivity index (χ4n) is 2.41. The Morgan fingerprint density at radius 3 is 2.62 bits per heavy atom. The van der Waals surface area contributed by atoms with Crippen LogP contribution < -0.4 is 0 Å². The first-order chi connectivity index (χ1) is 7.66. The Bertz CT molecular complexity index is 392. The summed E-state index contributed by atoms with van der Waals surface area (Å²) in [6.07, 6.45) is 5.99. The minimum atomic E-state index is 0.154. The average Bonchev–Trinajstić information content (AvgIpc) is 2.28. The summed E-state index contributed by atoms with van der Waals surface area (Å²) in [5.41, 5.74) is 4.35. The number of benzene rings is 1. The number of aryl methyl sites for hydroxylation is 2. The Kier molecular flexibility index (Phi) is 3.42. The molecule has 1 aromatic rings. The van der Waals surface area contributed by atoms with Crippen LogP contribution in [0.15, 0.2) is 18.2 Å². The number of ketones is 1. The van der Waals surface area contributed by atoms with Crippen LogP contribution in [-0.2, 0) is 24.1 Å². The van der Waals surface area contributed by atoms with Crippen LogP contribution in [0.3, 0.4) is 0 Å². The fourth-order valence-corrected chi connectivity index (χ4v) is 2.41. The van der Waals surface area contributed by atoms with Crippen LogP contribution >= 0.6 is 0 Å². The summed E-state index contributed by atoms with van der Waals surface area (Å²) in [6.45, 7) is 3.70. The highest BCUT2D eigenvalue weighted by Gasteiger charge is 2.12. The van der Waals surface area contributed by atoms with Crippen molar-refractivity contribution in [2.45, 2.75) is 46.0 Å². The SMILES string of the molecule is CC(=O)[C@H](C)Cc1ccc2c(c1)CCCC2. The van der Waals surface area contributed by atoms with E-state index in [9.17, 15) is 4.79 Å². The summed E-state index contributed by atoms with van der Waals surface area (Å²) in [5.74, 6) is 0.444. The second-order valence-electron chi connectivity index (χ2n) is 5.03. The van der Waals surface area contributed by atoms with Crippen LogP contribution in [0, 0.1) is 5.92 Å².